The Balaban J connectivity index is 1.35. The van der Waals surface area contributed by atoms with E-state index in [1.54, 1.807) is 12.1 Å². The number of hydrogen-bond donors (Lipinski definition) is 2. The number of ether oxygens (including phenoxy) is 1. The maximum Gasteiger partial charge on any atom is 0.355 e. The van der Waals surface area contributed by atoms with E-state index in [9.17, 15) is 13.2 Å². The molecule has 1 aromatic heterocycles. The quantitative estimate of drug-likeness (QED) is 0.195. The summed E-state index contributed by atoms with van der Waals surface area (Å²) in [5.41, 5.74) is 10.3. The fraction of sp³-hybridized carbons (Fsp3) is 0.286. The van der Waals surface area contributed by atoms with Crippen molar-refractivity contribution in [3.8, 4) is 0 Å². The number of nitrogens with one attached hydrogen (secondary N) is 1. The smallest absolute Gasteiger partial charge is 0.355 e. The summed E-state index contributed by atoms with van der Waals surface area (Å²) in [7, 11) is -1.57. The van der Waals surface area contributed by atoms with Crippen LogP contribution < -0.4 is 10.5 Å². The number of carbonyl (C=O) groups is 1. The molecule has 6 rings (SSSR count). The summed E-state index contributed by atoms with van der Waals surface area (Å²) in [5, 5.41) is 2.78. The van der Waals surface area contributed by atoms with E-state index < -0.39 is 10.0 Å². The van der Waals surface area contributed by atoms with Gasteiger partial charge in [0.2, 0.25) is 10.0 Å². The van der Waals surface area contributed by atoms with Crippen LogP contribution in [0.4, 0.5) is 5.69 Å². The Morgan fingerprint density at radius 2 is 1.75 bits per heavy atom. The molecule has 0 saturated carbocycles. The highest BCUT2D eigenvalue weighted by molar-refractivity contribution is 7.91. The van der Waals surface area contributed by atoms with E-state index in [1.165, 1.54) is 0 Å². The van der Waals surface area contributed by atoms with Crippen LogP contribution >= 0.6 is 0 Å². The lowest BCUT2D eigenvalue weighted by Gasteiger charge is -2.29. The second kappa shape index (κ2) is 12.8. The number of fused-ring (bicyclic) bond motifs is 2. The maximum absolute atomic E-state index is 13.6. The lowest BCUT2D eigenvalue weighted by Crippen LogP contribution is -2.34. The number of sulfonamides is 1. The van der Waals surface area contributed by atoms with Crippen molar-refractivity contribution in [1.29, 1.82) is 0 Å². The van der Waals surface area contributed by atoms with Crippen molar-refractivity contribution in [2.45, 2.75) is 31.7 Å². The van der Waals surface area contributed by atoms with Gasteiger partial charge in [0.1, 0.15) is 5.69 Å². The number of benzene rings is 4. The largest absolute Gasteiger partial charge is 0.461 e. The first-order chi connectivity index (χ1) is 21.3. The third-order valence-corrected chi connectivity index (χ3v) is 9.59. The second-order valence-corrected chi connectivity index (χ2v) is 13.5. The average molecular weight is 611 g/mol. The third kappa shape index (κ3) is 6.80. The minimum atomic E-state index is -3.67. The topological polar surface area (TPSA) is 107 Å². The fourth-order valence-electron chi connectivity index (χ4n) is 6.20. The summed E-state index contributed by atoms with van der Waals surface area (Å²) >= 11 is 0. The monoisotopic (exact) mass is 610 g/mol. The van der Waals surface area contributed by atoms with Gasteiger partial charge in [-0.15, -0.1) is 0 Å². The molecule has 0 aliphatic carbocycles. The molecule has 0 amide bonds. The van der Waals surface area contributed by atoms with Gasteiger partial charge < -0.3 is 19.9 Å². The number of carbonyl (C=O) groups excluding carboxylic acids is 1. The molecular formula is C35H38N4O4S. The van der Waals surface area contributed by atoms with Crippen LogP contribution in [0.2, 0.25) is 0 Å². The zero-order chi connectivity index (χ0) is 30.7. The Kier molecular flexibility index (Phi) is 8.70. The van der Waals surface area contributed by atoms with Gasteiger partial charge in [-0.2, -0.15) is 0 Å². The molecule has 1 atom stereocenters. The molecule has 8 nitrogen and oxygen atoms in total. The molecule has 228 valence electrons. The summed E-state index contributed by atoms with van der Waals surface area (Å²) in [6, 6.07) is 28.5. The van der Waals surface area contributed by atoms with Gasteiger partial charge >= 0.3 is 5.97 Å². The summed E-state index contributed by atoms with van der Waals surface area (Å²) in [6.07, 6.45) is 2.14. The van der Waals surface area contributed by atoms with Crippen molar-refractivity contribution in [3.63, 3.8) is 0 Å². The lowest BCUT2D eigenvalue weighted by atomic mass is 10.00. The highest BCUT2D eigenvalue weighted by Gasteiger charge is 2.23. The van der Waals surface area contributed by atoms with Crippen LogP contribution in [0.1, 0.15) is 40.0 Å². The molecule has 0 radical (unpaired) electrons. The number of likely N-dealkylation sites (tertiary alicyclic amines) is 1. The molecule has 1 fully saturated rings. The molecule has 44 heavy (non-hydrogen) atoms. The van der Waals surface area contributed by atoms with E-state index in [2.05, 4.69) is 16.7 Å². The molecule has 0 spiro atoms. The fourth-order valence-corrected chi connectivity index (χ4v) is 7.38. The van der Waals surface area contributed by atoms with Crippen molar-refractivity contribution >= 4 is 43.4 Å². The van der Waals surface area contributed by atoms with E-state index in [4.69, 9.17) is 10.5 Å². The van der Waals surface area contributed by atoms with E-state index in [0.717, 1.165) is 58.7 Å². The number of nitrogens with two attached hydrogens (primary N) is 1. The maximum atomic E-state index is 13.6. The van der Waals surface area contributed by atoms with Crippen LogP contribution in [-0.4, -0.2) is 50.6 Å². The van der Waals surface area contributed by atoms with E-state index in [-0.39, 0.29) is 11.7 Å². The first-order valence-corrected chi connectivity index (χ1v) is 16.7. The second-order valence-electron chi connectivity index (χ2n) is 11.8. The number of esters is 1. The number of rotatable bonds is 10. The van der Waals surface area contributed by atoms with Crippen molar-refractivity contribution in [2.75, 3.05) is 31.5 Å². The minimum absolute atomic E-state index is 0.132. The average Bonchev–Trinajstić information content (AvgIpc) is 3.37. The van der Waals surface area contributed by atoms with Gasteiger partial charge in [0, 0.05) is 42.1 Å². The molecule has 1 aliphatic heterocycles. The Labute approximate surface area is 258 Å². The molecule has 3 N–H and O–H groups in total. The van der Waals surface area contributed by atoms with Crippen LogP contribution in [0, 0.1) is 5.92 Å². The van der Waals surface area contributed by atoms with Crippen molar-refractivity contribution < 1.29 is 17.9 Å². The van der Waals surface area contributed by atoms with E-state index in [0.29, 0.717) is 42.6 Å². The van der Waals surface area contributed by atoms with Crippen LogP contribution in [0.25, 0.3) is 21.7 Å². The van der Waals surface area contributed by atoms with Crippen LogP contribution in [0.3, 0.4) is 0 Å². The highest BCUT2D eigenvalue weighted by atomic mass is 32.2. The third-order valence-electron chi connectivity index (χ3n) is 8.33. The van der Waals surface area contributed by atoms with E-state index in [1.807, 2.05) is 83.4 Å². The molecule has 5 aromatic rings. The first-order valence-electron chi connectivity index (χ1n) is 15.0. The Bertz CT molecular complexity index is 1900. The van der Waals surface area contributed by atoms with Gasteiger partial charge in [-0.1, -0.05) is 66.7 Å². The summed E-state index contributed by atoms with van der Waals surface area (Å²) < 4.78 is 37.0. The first kappa shape index (κ1) is 29.9. The molecule has 9 heteroatoms. The Morgan fingerprint density at radius 3 is 2.55 bits per heavy atom. The lowest BCUT2D eigenvalue weighted by molar-refractivity contribution is 0.0361. The number of hydrogen-bond acceptors (Lipinski definition) is 6. The number of anilines is 1. The van der Waals surface area contributed by atoms with Crippen LogP contribution in [0.5, 0.6) is 0 Å². The zero-order valence-corrected chi connectivity index (χ0v) is 25.7. The van der Waals surface area contributed by atoms with Crippen molar-refractivity contribution in [1.82, 2.24) is 9.47 Å². The van der Waals surface area contributed by atoms with Crippen LogP contribution in [0.15, 0.2) is 91.0 Å². The molecule has 1 saturated heterocycles. The van der Waals surface area contributed by atoms with Gasteiger partial charge in [0.15, 0.2) is 0 Å². The summed E-state index contributed by atoms with van der Waals surface area (Å²) in [4.78, 5) is 15.9. The highest BCUT2D eigenvalue weighted by Crippen LogP contribution is 2.30. The van der Waals surface area contributed by atoms with Gasteiger partial charge in [-0.3, -0.25) is 4.72 Å². The molecule has 1 aliphatic rings. The zero-order valence-electron chi connectivity index (χ0n) is 24.9. The van der Waals surface area contributed by atoms with Crippen molar-refractivity contribution in [3.05, 3.63) is 113 Å². The van der Waals surface area contributed by atoms with Crippen LogP contribution in [-0.2, 0) is 33.6 Å². The number of nitrogens with zero attached hydrogens (tertiary/aromatic N) is 2. The molecule has 4 aromatic carbocycles. The van der Waals surface area contributed by atoms with E-state index >= 15 is 0 Å². The molecule has 2 heterocycles. The Hall–Kier alpha value is -4.18. The predicted octanol–water partition coefficient (Wildman–Crippen LogP) is 5.74. The molecule has 0 bridgehead atoms. The Morgan fingerprint density at radius 1 is 0.955 bits per heavy atom. The summed E-state index contributed by atoms with van der Waals surface area (Å²) in [6.45, 7) is 3.06. The predicted molar refractivity (Wildman–Crippen MR) is 176 cm³/mol. The van der Waals surface area contributed by atoms with Gasteiger partial charge in [0.05, 0.1) is 12.4 Å². The van der Waals surface area contributed by atoms with Gasteiger partial charge in [0.25, 0.3) is 0 Å². The van der Waals surface area contributed by atoms with Gasteiger partial charge in [-0.25, -0.2) is 13.2 Å². The summed E-state index contributed by atoms with van der Waals surface area (Å²) in [5.74, 6) is -0.191. The van der Waals surface area contributed by atoms with Gasteiger partial charge in [-0.05, 0) is 78.2 Å². The normalized spacial score (nSPS) is 15.9. The molecule has 1 unspecified atom stereocenters. The van der Waals surface area contributed by atoms with Crippen molar-refractivity contribution in [2.24, 2.45) is 11.7 Å². The number of piperidine rings is 1. The number of aromatic nitrogens is 1. The standard InChI is InChI=1S/C35H38N4O4S/c1-38-15-7-10-27(21-38)23-43-35(40)34-19-29-14-13-26(20-36)16-33(29)39(34)22-30-18-31(17-28-11-5-6-12-32(28)30)37-44(41,42)24-25-8-3-2-4-9-25/h2-6,8-9,11-14,16-19,27,37H,7,10,15,20-24,36H2,1H3. The SMILES string of the molecule is CN1CCCC(COC(=O)c2cc3ccc(CN)cc3n2Cc2cc(NS(=O)(=O)Cc3ccccc3)cc3ccccc23)C1. The molecular weight excluding hydrogens is 572 g/mol. The minimum Gasteiger partial charge on any atom is -0.461 e.